The zero-order valence-electron chi connectivity index (χ0n) is 22.0. The van der Waals surface area contributed by atoms with Crippen molar-refractivity contribution < 1.29 is 14.4 Å². The minimum Gasteiger partial charge on any atom is -0.339 e. The van der Waals surface area contributed by atoms with E-state index in [1.165, 1.54) is 23.1 Å². The predicted molar refractivity (Wildman–Crippen MR) is 159 cm³/mol. The molecule has 0 bridgehead atoms. The second-order valence-corrected chi connectivity index (χ2v) is 12.0. The number of nitrogens with zero attached hydrogens (tertiary/aromatic N) is 2. The van der Waals surface area contributed by atoms with Crippen LogP contribution in [-0.2, 0) is 4.79 Å². The highest BCUT2D eigenvalue weighted by molar-refractivity contribution is 8.01. The Kier molecular flexibility index (Phi) is 8.28. The quantitative estimate of drug-likeness (QED) is 0.252. The normalized spacial score (nSPS) is 13.3. The Labute approximate surface area is 236 Å². The van der Waals surface area contributed by atoms with Gasteiger partial charge in [-0.2, -0.15) is 0 Å². The van der Waals surface area contributed by atoms with Crippen molar-refractivity contribution in [1.29, 1.82) is 0 Å². The van der Waals surface area contributed by atoms with E-state index in [1.54, 1.807) is 30.3 Å². The molecule has 4 aromatic rings. The van der Waals surface area contributed by atoms with E-state index in [9.17, 15) is 14.4 Å². The van der Waals surface area contributed by atoms with Gasteiger partial charge in [-0.1, -0.05) is 30.0 Å². The molecule has 0 spiro atoms. The molecule has 1 saturated heterocycles. The van der Waals surface area contributed by atoms with Gasteiger partial charge in [-0.15, -0.1) is 11.3 Å². The Bertz CT molecular complexity index is 1520. The molecule has 200 valence electrons. The molecule has 0 radical (unpaired) electrons. The SMILES string of the molecule is Cc1cc(C)cc(NC(=O)CSc2nc3ccc(NC(=O)c4ccccc4C(=O)N4CCCCC4)cc3s2)c1. The topological polar surface area (TPSA) is 91.4 Å². The second-order valence-electron chi connectivity index (χ2n) is 9.73. The minimum absolute atomic E-state index is 0.0880. The lowest BCUT2D eigenvalue weighted by Crippen LogP contribution is -2.36. The molecule has 1 aliphatic rings. The monoisotopic (exact) mass is 558 g/mol. The fourth-order valence-electron chi connectivity index (χ4n) is 4.75. The number of rotatable bonds is 7. The average molecular weight is 559 g/mol. The molecule has 0 saturated carbocycles. The summed E-state index contributed by atoms with van der Waals surface area (Å²) in [5.41, 5.74) is 5.21. The van der Waals surface area contributed by atoms with Crippen molar-refractivity contribution in [3.05, 3.63) is 82.9 Å². The van der Waals surface area contributed by atoms with Gasteiger partial charge in [0.2, 0.25) is 5.91 Å². The summed E-state index contributed by atoms with van der Waals surface area (Å²) in [4.78, 5) is 45.2. The van der Waals surface area contributed by atoms with Crippen molar-refractivity contribution in [3.63, 3.8) is 0 Å². The Balaban J connectivity index is 1.24. The third-order valence-electron chi connectivity index (χ3n) is 6.50. The van der Waals surface area contributed by atoms with Gasteiger partial charge in [-0.3, -0.25) is 14.4 Å². The molecule has 39 heavy (non-hydrogen) atoms. The smallest absolute Gasteiger partial charge is 0.256 e. The Morgan fingerprint density at radius 1 is 0.872 bits per heavy atom. The van der Waals surface area contributed by atoms with Gasteiger partial charge >= 0.3 is 0 Å². The number of fused-ring (bicyclic) bond motifs is 1. The Morgan fingerprint density at radius 3 is 2.33 bits per heavy atom. The number of aromatic nitrogens is 1. The van der Waals surface area contributed by atoms with Crippen molar-refractivity contribution in [2.75, 3.05) is 29.5 Å². The maximum absolute atomic E-state index is 13.2. The van der Waals surface area contributed by atoms with E-state index < -0.39 is 0 Å². The molecule has 0 atom stereocenters. The first-order valence-corrected chi connectivity index (χ1v) is 14.8. The number of carbonyl (C=O) groups excluding carboxylic acids is 3. The van der Waals surface area contributed by atoms with Crippen LogP contribution in [0, 0.1) is 13.8 Å². The lowest BCUT2D eigenvalue weighted by molar-refractivity contribution is -0.113. The number of likely N-dealkylation sites (tertiary alicyclic amines) is 1. The zero-order valence-corrected chi connectivity index (χ0v) is 23.6. The summed E-state index contributed by atoms with van der Waals surface area (Å²) < 4.78 is 1.68. The van der Waals surface area contributed by atoms with E-state index in [0.29, 0.717) is 16.8 Å². The van der Waals surface area contributed by atoms with Crippen LogP contribution in [-0.4, -0.2) is 46.4 Å². The van der Waals surface area contributed by atoms with E-state index >= 15 is 0 Å². The molecule has 9 heteroatoms. The summed E-state index contributed by atoms with van der Waals surface area (Å²) in [6, 6.07) is 18.5. The molecule has 2 N–H and O–H groups in total. The van der Waals surface area contributed by atoms with E-state index in [0.717, 1.165) is 63.7 Å². The Hall–Kier alpha value is -3.69. The van der Waals surface area contributed by atoms with Crippen LogP contribution in [0.2, 0.25) is 0 Å². The number of piperidine rings is 1. The second kappa shape index (κ2) is 12.0. The molecule has 1 aliphatic heterocycles. The molecule has 3 aromatic carbocycles. The third-order valence-corrected chi connectivity index (χ3v) is 8.67. The number of thiazole rings is 1. The summed E-state index contributed by atoms with van der Waals surface area (Å²) in [6.07, 6.45) is 3.12. The van der Waals surface area contributed by atoms with Crippen molar-refractivity contribution in [1.82, 2.24) is 9.88 Å². The maximum atomic E-state index is 13.2. The first kappa shape index (κ1) is 26.9. The first-order valence-electron chi connectivity index (χ1n) is 13.0. The predicted octanol–water partition coefficient (Wildman–Crippen LogP) is 6.52. The number of aryl methyl sites for hydroxylation is 2. The highest BCUT2D eigenvalue weighted by atomic mass is 32.2. The number of thioether (sulfide) groups is 1. The van der Waals surface area contributed by atoms with Crippen molar-refractivity contribution >= 4 is 62.4 Å². The van der Waals surface area contributed by atoms with Gasteiger partial charge in [0.15, 0.2) is 4.34 Å². The summed E-state index contributed by atoms with van der Waals surface area (Å²) in [6.45, 7) is 5.46. The highest BCUT2D eigenvalue weighted by Crippen LogP contribution is 2.31. The fraction of sp³-hybridized carbons (Fsp3) is 0.267. The van der Waals surface area contributed by atoms with Crippen LogP contribution in [0.15, 0.2) is 65.0 Å². The number of carbonyl (C=O) groups is 3. The molecule has 7 nitrogen and oxygen atoms in total. The third kappa shape index (κ3) is 6.66. The van der Waals surface area contributed by atoms with Crippen LogP contribution in [0.5, 0.6) is 0 Å². The molecular formula is C30H30N4O3S2. The zero-order chi connectivity index (χ0) is 27.4. The summed E-state index contributed by atoms with van der Waals surface area (Å²) in [7, 11) is 0. The van der Waals surface area contributed by atoms with Gasteiger partial charge in [0.25, 0.3) is 11.8 Å². The largest absolute Gasteiger partial charge is 0.339 e. The van der Waals surface area contributed by atoms with Gasteiger partial charge in [0, 0.05) is 24.5 Å². The van der Waals surface area contributed by atoms with Crippen molar-refractivity contribution in [2.45, 2.75) is 37.4 Å². The summed E-state index contributed by atoms with van der Waals surface area (Å²) in [5.74, 6) is -0.257. The molecular weight excluding hydrogens is 528 g/mol. The van der Waals surface area contributed by atoms with Crippen LogP contribution in [0.4, 0.5) is 11.4 Å². The number of anilines is 2. The number of hydrogen-bond donors (Lipinski definition) is 2. The van der Waals surface area contributed by atoms with Crippen LogP contribution < -0.4 is 10.6 Å². The van der Waals surface area contributed by atoms with Crippen LogP contribution in [0.3, 0.4) is 0 Å². The molecule has 5 rings (SSSR count). The van der Waals surface area contributed by atoms with E-state index in [-0.39, 0.29) is 23.5 Å². The number of nitrogens with one attached hydrogen (secondary N) is 2. The average Bonchev–Trinajstić information content (AvgIpc) is 3.34. The minimum atomic E-state index is -0.322. The van der Waals surface area contributed by atoms with E-state index in [1.807, 2.05) is 43.0 Å². The number of benzene rings is 3. The number of hydrogen-bond acceptors (Lipinski definition) is 6. The standard InChI is InChI=1S/C30H30N4O3S2/c1-19-14-20(2)16-22(15-19)31-27(35)18-38-30-33-25-11-10-21(17-26(25)39-30)32-28(36)23-8-4-5-9-24(23)29(37)34-12-6-3-7-13-34/h4-5,8-11,14-17H,3,6-7,12-13,18H2,1-2H3,(H,31,35)(H,32,36). The first-order chi connectivity index (χ1) is 18.9. The van der Waals surface area contributed by atoms with Gasteiger partial charge < -0.3 is 15.5 Å². The van der Waals surface area contributed by atoms with Crippen LogP contribution in [0.1, 0.15) is 51.1 Å². The van der Waals surface area contributed by atoms with Gasteiger partial charge in [-0.05, 0) is 86.7 Å². The summed E-state index contributed by atoms with van der Waals surface area (Å²) in [5, 5.41) is 5.89. The fourth-order valence-corrected chi connectivity index (χ4v) is 6.66. The van der Waals surface area contributed by atoms with Gasteiger partial charge in [-0.25, -0.2) is 4.98 Å². The molecule has 3 amide bonds. The van der Waals surface area contributed by atoms with Crippen LogP contribution >= 0.6 is 23.1 Å². The molecule has 1 fully saturated rings. The van der Waals surface area contributed by atoms with Crippen molar-refractivity contribution in [2.24, 2.45) is 0 Å². The molecule has 2 heterocycles. The maximum Gasteiger partial charge on any atom is 0.256 e. The lowest BCUT2D eigenvalue weighted by Gasteiger charge is -2.27. The van der Waals surface area contributed by atoms with Crippen molar-refractivity contribution in [3.8, 4) is 0 Å². The highest BCUT2D eigenvalue weighted by Gasteiger charge is 2.23. The van der Waals surface area contributed by atoms with E-state index in [2.05, 4.69) is 21.7 Å². The molecule has 0 unspecified atom stereocenters. The summed E-state index contributed by atoms with van der Waals surface area (Å²) >= 11 is 2.86. The number of amides is 3. The Morgan fingerprint density at radius 2 is 1.59 bits per heavy atom. The van der Waals surface area contributed by atoms with Gasteiger partial charge in [0.1, 0.15) is 0 Å². The lowest BCUT2D eigenvalue weighted by atomic mass is 10.0. The van der Waals surface area contributed by atoms with E-state index in [4.69, 9.17) is 0 Å². The molecule has 1 aromatic heterocycles. The van der Waals surface area contributed by atoms with Gasteiger partial charge in [0.05, 0.1) is 27.1 Å². The molecule has 0 aliphatic carbocycles. The van der Waals surface area contributed by atoms with Crippen LogP contribution in [0.25, 0.3) is 10.2 Å².